The Morgan fingerprint density at radius 3 is 3.00 bits per heavy atom. The van der Waals surface area contributed by atoms with E-state index in [9.17, 15) is 5.11 Å². The molecule has 1 aliphatic carbocycles. The predicted molar refractivity (Wildman–Crippen MR) is 63.0 cm³/mol. The second kappa shape index (κ2) is 4.36. The highest BCUT2D eigenvalue weighted by atomic mass is 16.3. The van der Waals surface area contributed by atoms with Gasteiger partial charge < -0.3 is 5.11 Å². The van der Waals surface area contributed by atoms with Crippen LogP contribution in [0.2, 0.25) is 0 Å². The third-order valence-electron chi connectivity index (χ3n) is 3.63. The highest BCUT2D eigenvalue weighted by Crippen LogP contribution is 2.32. The zero-order valence-corrected chi connectivity index (χ0v) is 9.66. The quantitative estimate of drug-likeness (QED) is 0.780. The van der Waals surface area contributed by atoms with Crippen molar-refractivity contribution in [3.63, 3.8) is 0 Å². The predicted octanol–water partition coefficient (Wildman–Crippen LogP) is 3.57. The maximum absolute atomic E-state index is 9.94. The first-order chi connectivity index (χ1) is 7.22. The van der Waals surface area contributed by atoms with Gasteiger partial charge in [-0.3, -0.25) is 0 Å². The zero-order valence-electron chi connectivity index (χ0n) is 9.66. The summed E-state index contributed by atoms with van der Waals surface area (Å²) in [7, 11) is 0. The van der Waals surface area contributed by atoms with E-state index in [1.807, 2.05) is 0 Å². The maximum atomic E-state index is 9.94. The van der Waals surface area contributed by atoms with Crippen molar-refractivity contribution in [3.8, 4) is 0 Å². The molecule has 1 heteroatoms. The van der Waals surface area contributed by atoms with Crippen molar-refractivity contribution < 1.29 is 5.11 Å². The molecule has 0 saturated heterocycles. The average Bonchev–Trinajstić information content (AvgIpc) is 2.28. The molecule has 0 aliphatic heterocycles. The van der Waals surface area contributed by atoms with Gasteiger partial charge in [-0.25, -0.2) is 0 Å². The lowest BCUT2D eigenvalue weighted by molar-refractivity contribution is 0.156. The van der Waals surface area contributed by atoms with Crippen LogP contribution in [-0.2, 0) is 6.42 Å². The number of aryl methyl sites for hydroxylation is 1. The fourth-order valence-electron chi connectivity index (χ4n) is 2.33. The molecule has 82 valence electrons. The van der Waals surface area contributed by atoms with Gasteiger partial charge in [0, 0.05) is 0 Å². The van der Waals surface area contributed by atoms with Crippen molar-refractivity contribution in [1.29, 1.82) is 0 Å². The number of aliphatic hydroxyl groups is 1. The average molecular weight is 204 g/mol. The molecule has 1 aliphatic rings. The van der Waals surface area contributed by atoms with Crippen LogP contribution in [-0.4, -0.2) is 5.11 Å². The summed E-state index contributed by atoms with van der Waals surface area (Å²) in [5, 5.41) is 9.94. The number of fused-ring (bicyclic) bond motifs is 1. The Bertz CT molecular complexity index is 343. The van der Waals surface area contributed by atoms with Crippen LogP contribution in [0.15, 0.2) is 18.2 Å². The molecule has 0 saturated carbocycles. The number of benzene rings is 1. The summed E-state index contributed by atoms with van der Waals surface area (Å²) in [6.07, 6.45) is 4.12. The third-order valence-corrected chi connectivity index (χ3v) is 3.63. The molecule has 0 amide bonds. The van der Waals surface area contributed by atoms with E-state index in [1.165, 1.54) is 16.7 Å². The highest BCUT2D eigenvalue weighted by Gasteiger charge is 2.18. The molecular weight excluding hydrogens is 184 g/mol. The number of hydrogen-bond acceptors (Lipinski definition) is 1. The highest BCUT2D eigenvalue weighted by molar-refractivity contribution is 5.36. The lowest BCUT2D eigenvalue weighted by atomic mass is 9.86. The van der Waals surface area contributed by atoms with Crippen LogP contribution in [0, 0.1) is 0 Å². The Hall–Kier alpha value is -0.820. The first-order valence-corrected chi connectivity index (χ1v) is 6.03. The smallest absolute Gasteiger partial charge is 0.0792 e. The van der Waals surface area contributed by atoms with E-state index in [-0.39, 0.29) is 6.10 Å². The summed E-state index contributed by atoms with van der Waals surface area (Å²) < 4.78 is 0. The monoisotopic (exact) mass is 204 g/mol. The van der Waals surface area contributed by atoms with Crippen LogP contribution in [0.1, 0.15) is 61.8 Å². The summed E-state index contributed by atoms with van der Waals surface area (Å²) in [6.45, 7) is 4.46. The van der Waals surface area contributed by atoms with Gasteiger partial charge in [0.25, 0.3) is 0 Å². The molecule has 0 fully saturated rings. The third kappa shape index (κ3) is 2.07. The van der Waals surface area contributed by atoms with Crippen LogP contribution in [0.4, 0.5) is 0 Å². The van der Waals surface area contributed by atoms with E-state index < -0.39 is 0 Å². The second-order valence-electron chi connectivity index (χ2n) is 4.68. The van der Waals surface area contributed by atoms with Crippen molar-refractivity contribution in [3.05, 3.63) is 34.9 Å². The lowest BCUT2D eigenvalue weighted by Crippen LogP contribution is -2.10. The molecule has 0 radical (unpaired) electrons. The molecule has 2 rings (SSSR count). The number of aliphatic hydroxyl groups excluding tert-OH is 1. The summed E-state index contributed by atoms with van der Waals surface area (Å²) in [6, 6.07) is 6.65. The minimum Gasteiger partial charge on any atom is -0.388 e. The number of rotatable bonds is 2. The Balaban J connectivity index is 2.35. The summed E-state index contributed by atoms with van der Waals surface area (Å²) in [5.74, 6) is 0.601. The molecule has 1 N–H and O–H groups in total. The van der Waals surface area contributed by atoms with Crippen LogP contribution in [0.5, 0.6) is 0 Å². The summed E-state index contributed by atoms with van der Waals surface area (Å²) in [5.41, 5.74) is 3.90. The van der Waals surface area contributed by atoms with Crippen molar-refractivity contribution in [2.24, 2.45) is 0 Å². The Morgan fingerprint density at radius 2 is 2.27 bits per heavy atom. The van der Waals surface area contributed by atoms with Gasteiger partial charge in [-0.2, -0.15) is 0 Å². The Kier molecular flexibility index (Phi) is 3.11. The van der Waals surface area contributed by atoms with Gasteiger partial charge in [-0.05, 0) is 48.3 Å². The Labute approximate surface area is 92.1 Å². The van der Waals surface area contributed by atoms with Gasteiger partial charge in [0.1, 0.15) is 0 Å². The first-order valence-electron chi connectivity index (χ1n) is 6.03. The van der Waals surface area contributed by atoms with E-state index in [0.717, 1.165) is 25.7 Å². The van der Waals surface area contributed by atoms with Crippen LogP contribution in [0.25, 0.3) is 0 Å². The van der Waals surface area contributed by atoms with Crippen LogP contribution in [0.3, 0.4) is 0 Å². The molecule has 1 aromatic rings. The first kappa shape index (κ1) is 10.7. The van der Waals surface area contributed by atoms with Gasteiger partial charge in [0.05, 0.1) is 6.10 Å². The largest absolute Gasteiger partial charge is 0.388 e. The molecule has 0 heterocycles. The van der Waals surface area contributed by atoms with Gasteiger partial charge in [-0.1, -0.05) is 32.0 Å². The van der Waals surface area contributed by atoms with Gasteiger partial charge >= 0.3 is 0 Å². The molecule has 2 atom stereocenters. The fourth-order valence-corrected chi connectivity index (χ4v) is 2.33. The minimum atomic E-state index is -0.224. The van der Waals surface area contributed by atoms with E-state index in [1.54, 1.807) is 0 Å². The van der Waals surface area contributed by atoms with Crippen molar-refractivity contribution in [2.75, 3.05) is 0 Å². The minimum absolute atomic E-state index is 0.224. The second-order valence-corrected chi connectivity index (χ2v) is 4.68. The lowest BCUT2D eigenvalue weighted by Gasteiger charge is -2.23. The molecule has 0 spiro atoms. The van der Waals surface area contributed by atoms with Crippen molar-refractivity contribution in [1.82, 2.24) is 0 Å². The molecule has 0 bridgehead atoms. The topological polar surface area (TPSA) is 20.2 Å². The molecule has 1 aromatic carbocycles. The molecule has 1 unspecified atom stereocenters. The summed E-state index contributed by atoms with van der Waals surface area (Å²) in [4.78, 5) is 0. The van der Waals surface area contributed by atoms with Gasteiger partial charge in [0.2, 0.25) is 0 Å². The van der Waals surface area contributed by atoms with Crippen LogP contribution < -0.4 is 0 Å². The standard InChI is InChI=1S/C14H20O/c1-3-10(2)12-8-7-11-5-4-6-14(15)13(11)9-12/h7-10,14-15H,3-6H2,1-2H3/t10?,14-/m0/s1. The number of hydrogen-bond donors (Lipinski definition) is 1. The van der Waals surface area contributed by atoms with Gasteiger partial charge in [0.15, 0.2) is 0 Å². The zero-order chi connectivity index (χ0) is 10.8. The normalized spacial score (nSPS) is 22.2. The molecular formula is C14H20O. The van der Waals surface area contributed by atoms with Gasteiger partial charge in [-0.15, -0.1) is 0 Å². The van der Waals surface area contributed by atoms with E-state index in [2.05, 4.69) is 32.0 Å². The SMILES string of the molecule is CCC(C)c1ccc2c(c1)[C@@H](O)CCC2. The van der Waals surface area contributed by atoms with E-state index >= 15 is 0 Å². The molecule has 15 heavy (non-hydrogen) atoms. The summed E-state index contributed by atoms with van der Waals surface area (Å²) >= 11 is 0. The van der Waals surface area contributed by atoms with Crippen LogP contribution >= 0.6 is 0 Å². The maximum Gasteiger partial charge on any atom is 0.0792 e. The van der Waals surface area contributed by atoms with Crippen molar-refractivity contribution in [2.45, 2.75) is 51.6 Å². The van der Waals surface area contributed by atoms with Crippen molar-refractivity contribution >= 4 is 0 Å². The van der Waals surface area contributed by atoms with E-state index in [0.29, 0.717) is 5.92 Å². The Morgan fingerprint density at radius 1 is 1.47 bits per heavy atom. The van der Waals surface area contributed by atoms with E-state index in [4.69, 9.17) is 0 Å². The fraction of sp³-hybridized carbons (Fsp3) is 0.571. The molecule has 0 aromatic heterocycles. The molecule has 1 nitrogen and oxygen atoms in total.